The third-order valence-corrected chi connectivity index (χ3v) is 2.68. The first kappa shape index (κ1) is 9.97. The van der Waals surface area contributed by atoms with Crippen LogP contribution in [0.4, 0.5) is 0 Å². The lowest BCUT2D eigenvalue weighted by atomic mass is 10.3. The molecule has 0 saturated heterocycles. The summed E-state index contributed by atoms with van der Waals surface area (Å²) < 4.78 is 2.28. The number of pyridine rings is 1. The molecular formula is C13H16N2. The SMILES string of the molecule is Cc1cccc(Cn2c(C)ccc2C)n1. The van der Waals surface area contributed by atoms with Crippen molar-refractivity contribution in [1.29, 1.82) is 0 Å². The van der Waals surface area contributed by atoms with Crippen LogP contribution in [0.2, 0.25) is 0 Å². The van der Waals surface area contributed by atoms with E-state index in [9.17, 15) is 0 Å². The van der Waals surface area contributed by atoms with Crippen LogP contribution in [-0.4, -0.2) is 9.55 Å². The summed E-state index contributed by atoms with van der Waals surface area (Å²) in [4.78, 5) is 4.51. The van der Waals surface area contributed by atoms with Crippen LogP contribution in [0, 0.1) is 20.8 Å². The molecule has 0 N–H and O–H groups in total. The molecular weight excluding hydrogens is 184 g/mol. The van der Waals surface area contributed by atoms with Crippen molar-refractivity contribution in [2.75, 3.05) is 0 Å². The molecule has 0 amide bonds. The lowest BCUT2D eigenvalue weighted by Gasteiger charge is -2.08. The quantitative estimate of drug-likeness (QED) is 0.729. The highest BCUT2D eigenvalue weighted by molar-refractivity contribution is 5.17. The highest BCUT2D eigenvalue weighted by Crippen LogP contribution is 2.10. The average Bonchev–Trinajstić information content (AvgIpc) is 2.50. The maximum atomic E-state index is 4.51. The van der Waals surface area contributed by atoms with Gasteiger partial charge in [0, 0.05) is 17.1 Å². The normalized spacial score (nSPS) is 10.6. The Labute approximate surface area is 90.6 Å². The summed E-state index contributed by atoms with van der Waals surface area (Å²) in [6, 6.07) is 10.5. The van der Waals surface area contributed by atoms with Gasteiger partial charge in [-0.3, -0.25) is 4.98 Å². The van der Waals surface area contributed by atoms with Crippen LogP contribution >= 0.6 is 0 Å². The topological polar surface area (TPSA) is 17.8 Å². The Hall–Kier alpha value is -1.57. The van der Waals surface area contributed by atoms with Gasteiger partial charge in [-0.2, -0.15) is 0 Å². The van der Waals surface area contributed by atoms with Gasteiger partial charge in [-0.25, -0.2) is 0 Å². The van der Waals surface area contributed by atoms with E-state index in [2.05, 4.69) is 47.7 Å². The molecule has 2 aromatic rings. The molecule has 0 fully saturated rings. The molecule has 0 unspecified atom stereocenters. The largest absolute Gasteiger partial charge is 0.343 e. The van der Waals surface area contributed by atoms with E-state index in [4.69, 9.17) is 0 Å². The summed E-state index contributed by atoms with van der Waals surface area (Å²) >= 11 is 0. The molecule has 0 radical (unpaired) electrons. The zero-order valence-electron chi connectivity index (χ0n) is 9.49. The van der Waals surface area contributed by atoms with E-state index >= 15 is 0 Å². The third-order valence-electron chi connectivity index (χ3n) is 2.68. The number of hydrogen-bond acceptors (Lipinski definition) is 1. The molecule has 0 aliphatic carbocycles. The highest BCUT2D eigenvalue weighted by atomic mass is 15.0. The van der Waals surface area contributed by atoms with E-state index in [-0.39, 0.29) is 0 Å². The van der Waals surface area contributed by atoms with Crippen LogP contribution in [0.25, 0.3) is 0 Å². The van der Waals surface area contributed by atoms with Crippen molar-refractivity contribution < 1.29 is 0 Å². The molecule has 0 aliphatic rings. The minimum absolute atomic E-state index is 0.867. The van der Waals surface area contributed by atoms with Crippen LogP contribution in [0.1, 0.15) is 22.8 Å². The molecule has 0 aromatic carbocycles. The summed E-state index contributed by atoms with van der Waals surface area (Å²) in [5, 5.41) is 0. The van der Waals surface area contributed by atoms with Gasteiger partial charge in [-0.15, -0.1) is 0 Å². The van der Waals surface area contributed by atoms with Gasteiger partial charge in [0.1, 0.15) is 0 Å². The van der Waals surface area contributed by atoms with Gasteiger partial charge < -0.3 is 4.57 Å². The molecule has 78 valence electrons. The van der Waals surface area contributed by atoms with E-state index in [1.807, 2.05) is 13.0 Å². The smallest absolute Gasteiger partial charge is 0.0647 e. The second-order valence-electron chi connectivity index (χ2n) is 3.97. The fourth-order valence-electron chi connectivity index (χ4n) is 1.80. The monoisotopic (exact) mass is 200 g/mol. The molecule has 2 nitrogen and oxygen atoms in total. The number of aryl methyl sites for hydroxylation is 3. The van der Waals surface area contributed by atoms with Crippen molar-refractivity contribution >= 4 is 0 Å². The molecule has 2 heteroatoms. The summed E-state index contributed by atoms with van der Waals surface area (Å²) in [5.74, 6) is 0. The van der Waals surface area contributed by atoms with Gasteiger partial charge in [0.25, 0.3) is 0 Å². The Balaban J connectivity index is 2.29. The summed E-state index contributed by atoms with van der Waals surface area (Å²) in [6.45, 7) is 7.15. The standard InChI is InChI=1S/C13H16N2/c1-10-5-4-6-13(14-10)9-15-11(2)7-8-12(15)3/h4-8H,9H2,1-3H3. The van der Waals surface area contributed by atoms with Gasteiger partial charge in [0.2, 0.25) is 0 Å². The first-order chi connectivity index (χ1) is 7.16. The molecule has 0 atom stereocenters. The first-order valence-corrected chi connectivity index (χ1v) is 5.22. The molecule has 2 rings (SSSR count). The number of hydrogen-bond donors (Lipinski definition) is 0. The Bertz CT molecular complexity index is 450. The van der Waals surface area contributed by atoms with Crippen molar-refractivity contribution in [3.05, 3.63) is 53.1 Å². The van der Waals surface area contributed by atoms with Crippen molar-refractivity contribution in [3.63, 3.8) is 0 Å². The van der Waals surface area contributed by atoms with Crippen molar-refractivity contribution in [2.24, 2.45) is 0 Å². The second-order valence-corrected chi connectivity index (χ2v) is 3.97. The number of nitrogens with zero attached hydrogens (tertiary/aromatic N) is 2. The van der Waals surface area contributed by atoms with E-state index in [1.54, 1.807) is 0 Å². The maximum Gasteiger partial charge on any atom is 0.0647 e. The van der Waals surface area contributed by atoms with Crippen molar-refractivity contribution in [2.45, 2.75) is 27.3 Å². The van der Waals surface area contributed by atoms with Crippen LogP contribution in [0.5, 0.6) is 0 Å². The number of rotatable bonds is 2. The molecule has 0 bridgehead atoms. The fourth-order valence-corrected chi connectivity index (χ4v) is 1.80. The van der Waals surface area contributed by atoms with E-state index in [0.717, 1.165) is 17.9 Å². The van der Waals surface area contributed by atoms with Gasteiger partial charge in [0.05, 0.1) is 12.2 Å². The van der Waals surface area contributed by atoms with E-state index < -0.39 is 0 Å². The molecule has 0 aliphatic heterocycles. The van der Waals surface area contributed by atoms with Crippen LogP contribution < -0.4 is 0 Å². The van der Waals surface area contributed by atoms with Gasteiger partial charge in [0.15, 0.2) is 0 Å². The minimum atomic E-state index is 0.867. The Morgan fingerprint density at radius 2 is 1.67 bits per heavy atom. The fraction of sp³-hybridized carbons (Fsp3) is 0.308. The first-order valence-electron chi connectivity index (χ1n) is 5.22. The molecule has 0 saturated carbocycles. The summed E-state index contributed by atoms with van der Waals surface area (Å²) in [5.41, 5.74) is 4.78. The van der Waals surface area contributed by atoms with E-state index in [0.29, 0.717) is 0 Å². The third kappa shape index (κ3) is 2.09. The highest BCUT2D eigenvalue weighted by Gasteiger charge is 2.02. The molecule has 2 aromatic heterocycles. The molecule has 15 heavy (non-hydrogen) atoms. The Morgan fingerprint density at radius 3 is 2.27 bits per heavy atom. The summed E-state index contributed by atoms with van der Waals surface area (Å²) in [7, 11) is 0. The van der Waals surface area contributed by atoms with Gasteiger partial charge in [-0.05, 0) is 45.0 Å². The Kier molecular flexibility index (Phi) is 2.58. The maximum absolute atomic E-state index is 4.51. The van der Waals surface area contributed by atoms with Gasteiger partial charge >= 0.3 is 0 Å². The van der Waals surface area contributed by atoms with Crippen molar-refractivity contribution in [3.8, 4) is 0 Å². The predicted molar refractivity (Wildman–Crippen MR) is 62.0 cm³/mol. The van der Waals surface area contributed by atoms with Crippen LogP contribution in [0.3, 0.4) is 0 Å². The van der Waals surface area contributed by atoms with Crippen LogP contribution in [0.15, 0.2) is 30.3 Å². The van der Waals surface area contributed by atoms with E-state index in [1.165, 1.54) is 11.4 Å². The zero-order valence-corrected chi connectivity index (χ0v) is 9.49. The molecule has 0 spiro atoms. The zero-order chi connectivity index (χ0) is 10.8. The lowest BCUT2D eigenvalue weighted by Crippen LogP contribution is -2.05. The molecule has 2 heterocycles. The minimum Gasteiger partial charge on any atom is -0.343 e. The van der Waals surface area contributed by atoms with Crippen molar-refractivity contribution in [1.82, 2.24) is 9.55 Å². The second kappa shape index (κ2) is 3.89. The average molecular weight is 200 g/mol. The Morgan fingerprint density at radius 1 is 1.00 bits per heavy atom. The predicted octanol–water partition coefficient (Wildman–Crippen LogP) is 2.86. The van der Waals surface area contributed by atoms with Gasteiger partial charge in [-0.1, -0.05) is 6.07 Å². The van der Waals surface area contributed by atoms with Crippen LogP contribution in [-0.2, 0) is 6.54 Å². The number of aromatic nitrogens is 2. The lowest BCUT2D eigenvalue weighted by molar-refractivity contribution is 0.728. The summed E-state index contributed by atoms with van der Waals surface area (Å²) in [6.07, 6.45) is 0.